The summed E-state index contributed by atoms with van der Waals surface area (Å²) in [5.74, 6) is 0.680. The number of methoxy groups -OCH3 is 1. The number of ether oxygens (including phenoxy) is 2. The highest BCUT2D eigenvalue weighted by Gasteiger charge is 2.46. The van der Waals surface area contributed by atoms with Gasteiger partial charge in [-0.2, -0.15) is 0 Å². The Kier molecular flexibility index (Phi) is 8.91. The number of aliphatic hydroxyl groups is 1. The Hall–Kier alpha value is -2.74. The van der Waals surface area contributed by atoms with Gasteiger partial charge in [-0.05, 0) is 66.8 Å². The molecule has 0 radical (unpaired) electrons. The Morgan fingerprint density at radius 2 is 2.05 bits per heavy atom. The van der Waals surface area contributed by atoms with Crippen molar-refractivity contribution in [3.05, 3.63) is 60.4 Å². The van der Waals surface area contributed by atoms with E-state index in [-0.39, 0.29) is 29.6 Å². The summed E-state index contributed by atoms with van der Waals surface area (Å²) >= 11 is 0. The third-order valence-electron chi connectivity index (χ3n) is 7.52. The highest BCUT2D eigenvalue weighted by molar-refractivity contribution is 5.77. The molecule has 0 unspecified atom stereocenters. The Morgan fingerprint density at radius 3 is 2.66 bits per heavy atom. The van der Waals surface area contributed by atoms with Crippen LogP contribution in [0.1, 0.15) is 70.0 Å². The average molecular weight is 522 g/mol. The second kappa shape index (κ2) is 12.0. The second-order valence-corrected chi connectivity index (χ2v) is 12.0. The molecule has 1 spiro atoms. The number of hydrogen-bond acceptors (Lipinski definition) is 6. The Morgan fingerprint density at radius 1 is 1.32 bits per heavy atom. The lowest BCUT2D eigenvalue weighted by atomic mass is 9.72. The van der Waals surface area contributed by atoms with Crippen molar-refractivity contribution in [3.63, 3.8) is 0 Å². The van der Waals surface area contributed by atoms with Gasteiger partial charge in [-0.3, -0.25) is 9.78 Å². The summed E-state index contributed by atoms with van der Waals surface area (Å²) in [4.78, 5) is 16.4. The van der Waals surface area contributed by atoms with Crippen LogP contribution in [-0.4, -0.2) is 54.0 Å². The van der Waals surface area contributed by atoms with E-state index in [1.807, 2.05) is 24.5 Å². The molecule has 2 aliphatic rings. The molecule has 7 heteroatoms. The van der Waals surface area contributed by atoms with Gasteiger partial charge >= 0.3 is 0 Å². The molecule has 7 nitrogen and oxygen atoms in total. The van der Waals surface area contributed by atoms with E-state index in [1.54, 1.807) is 6.08 Å². The predicted molar refractivity (Wildman–Crippen MR) is 150 cm³/mol. The maximum atomic E-state index is 12.1. The maximum absolute atomic E-state index is 12.1. The Bertz CT molecular complexity index is 1110. The SMILES string of the molecule is C=CC[C@H](NC(=O)COC)[C@H](O)CN[C@H]1CC2(CCC2)Oc2c(-c3ccncc3)cc(CC(C)(C)C)cc21. The fourth-order valence-corrected chi connectivity index (χ4v) is 5.62. The quantitative estimate of drug-likeness (QED) is 0.370. The molecule has 1 amide bonds. The first-order valence-electron chi connectivity index (χ1n) is 13.7. The van der Waals surface area contributed by atoms with E-state index in [1.165, 1.54) is 12.7 Å². The number of carbonyl (C=O) groups excluding carboxylic acids is 1. The van der Waals surface area contributed by atoms with E-state index in [0.29, 0.717) is 13.0 Å². The third kappa shape index (κ3) is 6.82. The van der Waals surface area contributed by atoms with Gasteiger partial charge < -0.3 is 25.2 Å². The normalized spacial score (nSPS) is 19.6. The van der Waals surface area contributed by atoms with Gasteiger partial charge in [0.15, 0.2) is 0 Å². The van der Waals surface area contributed by atoms with Crippen LogP contribution in [0.25, 0.3) is 11.1 Å². The van der Waals surface area contributed by atoms with E-state index >= 15 is 0 Å². The minimum absolute atomic E-state index is 0.0215. The number of nitrogens with one attached hydrogen (secondary N) is 2. The first-order valence-corrected chi connectivity index (χ1v) is 13.7. The van der Waals surface area contributed by atoms with Crippen LogP contribution >= 0.6 is 0 Å². The second-order valence-electron chi connectivity index (χ2n) is 12.0. The minimum Gasteiger partial charge on any atom is -0.486 e. The summed E-state index contributed by atoms with van der Waals surface area (Å²) in [6.07, 6.45) is 10.0. The van der Waals surface area contributed by atoms with Gasteiger partial charge in [0.2, 0.25) is 5.91 Å². The molecule has 3 atom stereocenters. The number of aliphatic hydroxyl groups excluding tert-OH is 1. The summed E-state index contributed by atoms with van der Waals surface area (Å²) < 4.78 is 11.8. The van der Waals surface area contributed by atoms with Crippen molar-refractivity contribution < 1.29 is 19.4 Å². The van der Waals surface area contributed by atoms with Gasteiger partial charge in [0.25, 0.3) is 0 Å². The summed E-state index contributed by atoms with van der Waals surface area (Å²) in [5, 5.41) is 17.6. The molecule has 2 heterocycles. The number of amides is 1. The van der Waals surface area contributed by atoms with E-state index < -0.39 is 12.1 Å². The molecule has 1 saturated carbocycles. The fraction of sp³-hybridized carbons (Fsp3) is 0.548. The van der Waals surface area contributed by atoms with Crippen molar-refractivity contribution in [2.24, 2.45) is 5.41 Å². The van der Waals surface area contributed by atoms with Gasteiger partial charge in [0, 0.05) is 49.6 Å². The third-order valence-corrected chi connectivity index (χ3v) is 7.52. The molecule has 2 aromatic rings. The molecule has 1 aliphatic heterocycles. The number of hydrogen-bond donors (Lipinski definition) is 3. The predicted octanol–water partition coefficient (Wildman–Crippen LogP) is 4.74. The summed E-state index contributed by atoms with van der Waals surface area (Å²) in [5.41, 5.74) is 4.53. The fourth-order valence-electron chi connectivity index (χ4n) is 5.62. The van der Waals surface area contributed by atoms with Crippen LogP contribution < -0.4 is 15.4 Å². The number of pyridine rings is 1. The lowest BCUT2D eigenvalue weighted by molar-refractivity contribution is -0.126. The van der Waals surface area contributed by atoms with Crippen molar-refractivity contribution in [3.8, 4) is 16.9 Å². The topological polar surface area (TPSA) is 92.7 Å². The van der Waals surface area contributed by atoms with E-state index in [2.05, 4.69) is 55.1 Å². The molecule has 206 valence electrons. The number of carbonyl (C=O) groups is 1. The molecule has 4 rings (SSSR count). The molecule has 1 aliphatic carbocycles. The number of fused-ring (bicyclic) bond motifs is 1. The molecule has 0 saturated heterocycles. The monoisotopic (exact) mass is 521 g/mol. The standard InChI is InChI=1S/C31H43N3O4/c1-6-8-25(34-28(36)20-37-5)27(35)19-33-26-18-31(11-7-12-31)38-29-23(22-9-13-32-14-10-22)15-21(16-24(26)29)17-30(2,3)4/h6,9-10,13-16,25-27,33,35H,1,7-8,11-12,17-20H2,2-5H3,(H,34,36)/t25-,26-,27+/m0/s1. The van der Waals surface area contributed by atoms with Crippen LogP contribution in [0.2, 0.25) is 0 Å². The molecule has 0 bridgehead atoms. The highest BCUT2D eigenvalue weighted by atomic mass is 16.5. The smallest absolute Gasteiger partial charge is 0.246 e. The molecule has 3 N–H and O–H groups in total. The summed E-state index contributed by atoms with van der Waals surface area (Å²) in [7, 11) is 1.48. The number of benzene rings is 1. The molecule has 1 aromatic heterocycles. The zero-order valence-electron chi connectivity index (χ0n) is 23.3. The Labute approximate surface area is 227 Å². The zero-order chi connectivity index (χ0) is 27.3. The van der Waals surface area contributed by atoms with Crippen molar-refractivity contribution in [1.29, 1.82) is 0 Å². The largest absolute Gasteiger partial charge is 0.486 e. The van der Waals surface area contributed by atoms with E-state index in [0.717, 1.165) is 54.5 Å². The number of aromatic nitrogens is 1. The van der Waals surface area contributed by atoms with Crippen LogP contribution in [0.3, 0.4) is 0 Å². The van der Waals surface area contributed by atoms with Crippen molar-refractivity contribution in [2.45, 2.75) is 83.1 Å². The first-order chi connectivity index (χ1) is 18.1. The lowest BCUT2D eigenvalue weighted by Crippen LogP contribution is -2.52. The van der Waals surface area contributed by atoms with Crippen LogP contribution in [0, 0.1) is 5.41 Å². The lowest BCUT2D eigenvalue weighted by Gasteiger charge is -2.49. The average Bonchev–Trinajstić information content (AvgIpc) is 2.85. The summed E-state index contributed by atoms with van der Waals surface area (Å²) in [6, 6.07) is 8.21. The zero-order valence-corrected chi connectivity index (χ0v) is 23.3. The summed E-state index contributed by atoms with van der Waals surface area (Å²) in [6.45, 7) is 10.8. The van der Waals surface area contributed by atoms with Crippen molar-refractivity contribution in [1.82, 2.24) is 15.6 Å². The van der Waals surface area contributed by atoms with Crippen LogP contribution in [-0.2, 0) is 16.0 Å². The van der Waals surface area contributed by atoms with Crippen LogP contribution in [0.5, 0.6) is 5.75 Å². The molecule has 1 fully saturated rings. The van der Waals surface area contributed by atoms with Gasteiger partial charge in [0.05, 0.1) is 12.1 Å². The number of rotatable bonds is 11. The van der Waals surface area contributed by atoms with Crippen LogP contribution in [0.4, 0.5) is 0 Å². The van der Waals surface area contributed by atoms with Crippen molar-refractivity contribution >= 4 is 5.91 Å². The van der Waals surface area contributed by atoms with E-state index in [9.17, 15) is 9.90 Å². The maximum Gasteiger partial charge on any atom is 0.246 e. The van der Waals surface area contributed by atoms with Gasteiger partial charge in [-0.15, -0.1) is 6.58 Å². The Balaban J connectivity index is 1.65. The minimum atomic E-state index is -0.783. The first kappa shape index (κ1) is 28.3. The molecule has 38 heavy (non-hydrogen) atoms. The van der Waals surface area contributed by atoms with Gasteiger partial charge in [-0.1, -0.05) is 32.9 Å². The molecule has 1 aromatic carbocycles. The van der Waals surface area contributed by atoms with Crippen molar-refractivity contribution in [2.75, 3.05) is 20.3 Å². The van der Waals surface area contributed by atoms with Gasteiger partial charge in [-0.25, -0.2) is 0 Å². The molecular formula is C31H43N3O4. The van der Waals surface area contributed by atoms with Gasteiger partial charge in [0.1, 0.15) is 18.0 Å². The van der Waals surface area contributed by atoms with Crippen LogP contribution in [0.15, 0.2) is 49.3 Å². The molecular weight excluding hydrogens is 478 g/mol. The highest BCUT2D eigenvalue weighted by Crippen LogP contribution is 2.52. The number of nitrogens with zero attached hydrogens (tertiary/aromatic N) is 1. The van der Waals surface area contributed by atoms with E-state index in [4.69, 9.17) is 9.47 Å².